The van der Waals surface area contributed by atoms with E-state index in [0.29, 0.717) is 23.4 Å². The molecule has 0 aliphatic carbocycles. The number of benzene rings is 2. The van der Waals surface area contributed by atoms with Crippen LogP contribution in [-0.2, 0) is 4.74 Å². The smallest absolute Gasteiger partial charge is 0.261 e. The van der Waals surface area contributed by atoms with Gasteiger partial charge in [0.15, 0.2) is 0 Å². The van der Waals surface area contributed by atoms with E-state index in [4.69, 9.17) is 4.74 Å². The van der Waals surface area contributed by atoms with Gasteiger partial charge in [0.05, 0.1) is 29.5 Å². The lowest BCUT2D eigenvalue weighted by molar-refractivity contribution is 0.0475. The van der Waals surface area contributed by atoms with E-state index in [-0.39, 0.29) is 35.9 Å². The first-order chi connectivity index (χ1) is 15.1. The van der Waals surface area contributed by atoms with Gasteiger partial charge in [0.25, 0.3) is 17.7 Å². The highest BCUT2D eigenvalue weighted by molar-refractivity contribution is 6.22. The maximum atomic E-state index is 12.8. The summed E-state index contributed by atoms with van der Waals surface area (Å²) in [5.41, 5.74) is 2.28. The van der Waals surface area contributed by atoms with Crippen molar-refractivity contribution in [3.05, 3.63) is 77.6 Å². The maximum Gasteiger partial charge on any atom is 0.261 e. The Hall–Kier alpha value is -3.78. The number of ether oxygens (including phenoxy) is 1. The molecule has 31 heavy (non-hydrogen) atoms. The zero-order valence-corrected chi connectivity index (χ0v) is 16.7. The number of nitrogens with one attached hydrogen (secondary N) is 1. The van der Waals surface area contributed by atoms with Crippen LogP contribution in [0.5, 0.6) is 0 Å². The molecule has 1 aromatic heterocycles. The molecule has 8 nitrogen and oxygen atoms in total. The van der Waals surface area contributed by atoms with E-state index in [9.17, 15) is 14.4 Å². The number of amides is 3. The van der Waals surface area contributed by atoms with E-state index < -0.39 is 0 Å². The summed E-state index contributed by atoms with van der Waals surface area (Å²) in [6.07, 6.45) is 5.13. The molecule has 5 rings (SSSR count). The van der Waals surface area contributed by atoms with Crippen molar-refractivity contribution in [2.45, 2.75) is 18.9 Å². The minimum Gasteiger partial charge on any atom is -0.376 e. The molecular weight excluding hydrogens is 396 g/mol. The molecule has 1 saturated heterocycles. The van der Waals surface area contributed by atoms with Crippen LogP contribution in [0.25, 0.3) is 5.69 Å². The van der Waals surface area contributed by atoms with Gasteiger partial charge in [0, 0.05) is 30.3 Å². The van der Waals surface area contributed by atoms with E-state index in [2.05, 4.69) is 10.4 Å². The Morgan fingerprint density at radius 1 is 1.10 bits per heavy atom. The van der Waals surface area contributed by atoms with Gasteiger partial charge in [-0.2, -0.15) is 5.10 Å². The Kier molecular flexibility index (Phi) is 4.83. The second-order valence-corrected chi connectivity index (χ2v) is 7.57. The number of anilines is 1. The lowest BCUT2D eigenvalue weighted by atomic mass is 10.1. The molecule has 8 heteroatoms. The van der Waals surface area contributed by atoms with Crippen LogP contribution in [0.15, 0.2) is 60.9 Å². The average Bonchev–Trinajstić information content (AvgIpc) is 3.54. The fraction of sp³-hybridized carbons (Fsp3) is 0.217. The van der Waals surface area contributed by atoms with Gasteiger partial charge in [-0.3, -0.25) is 19.3 Å². The lowest BCUT2D eigenvalue weighted by Gasteiger charge is -2.17. The Labute approximate surface area is 178 Å². The quantitative estimate of drug-likeness (QED) is 0.646. The Morgan fingerprint density at radius 3 is 2.74 bits per heavy atom. The summed E-state index contributed by atoms with van der Waals surface area (Å²) in [4.78, 5) is 39.5. The monoisotopic (exact) mass is 416 g/mol. The molecule has 1 unspecified atom stereocenters. The van der Waals surface area contributed by atoms with E-state index in [1.807, 2.05) is 24.4 Å². The molecule has 1 N–H and O–H groups in total. The molecule has 3 aromatic rings. The second kappa shape index (κ2) is 7.81. The molecule has 1 fully saturated rings. The summed E-state index contributed by atoms with van der Waals surface area (Å²) in [5.74, 6) is -1.08. The molecule has 2 aliphatic rings. The van der Waals surface area contributed by atoms with Gasteiger partial charge in [-0.25, -0.2) is 4.68 Å². The maximum absolute atomic E-state index is 12.8. The first-order valence-corrected chi connectivity index (χ1v) is 10.1. The fourth-order valence-electron chi connectivity index (χ4n) is 3.94. The highest BCUT2D eigenvalue weighted by atomic mass is 16.5. The zero-order chi connectivity index (χ0) is 21.4. The number of carbonyl (C=O) groups is 3. The van der Waals surface area contributed by atoms with Crippen LogP contribution in [0.3, 0.4) is 0 Å². The zero-order valence-electron chi connectivity index (χ0n) is 16.7. The molecule has 156 valence electrons. The third-order valence-corrected chi connectivity index (χ3v) is 5.52. The molecule has 1 atom stereocenters. The Balaban J connectivity index is 1.34. The van der Waals surface area contributed by atoms with Crippen LogP contribution >= 0.6 is 0 Å². The number of hydrogen-bond acceptors (Lipinski definition) is 5. The molecule has 0 radical (unpaired) electrons. The summed E-state index contributed by atoms with van der Waals surface area (Å²) in [7, 11) is 0. The largest absolute Gasteiger partial charge is 0.376 e. The van der Waals surface area contributed by atoms with Crippen molar-refractivity contribution in [3.63, 3.8) is 0 Å². The van der Waals surface area contributed by atoms with E-state index in [1.165, 1.54) is 11.0 Å². The van der Waals surface area contributed by atoms with E-state index in [1.54, 1.807) is 35.1 Å². The lowest BCUT2D eigenvalue weighted by Crippen LogP contribution is -2.36. The normalized spacial score (nSPS) is 17.8. The van der Waals surface area contributed by atoms with Crippen LogP contribution < -0.4 is 5.32 Å². The minimum atomic E-state index is -0.383. The molecule has 3 heterocycles. The van der Waals surface area contributed by atoms with Crippen molar-refractivity contribution >= 4 is 23.4 Å². The second-order valence-electron chi connectivity index (χ2n) is 7.57. The van der Waals surface area contributed by atoms with Gasteiger partial charge < -0.3 is 10.1 Å². The topological polar surface area (TPSA) is 93.5 Å². The van der Waals surface area contributed by atoms with Crippen molar-refractivity contribution in [2.24, 2.45) is 0 Å². The van der Waals surface area contributed by atoms with Crippen LogP contribution in [0.1, 0.15) is 43.9 Å². The highest BCUT2D eigenvalue weighted by Crippen LogP contribution is 2.26. The summed E-state index contributed by atoms with van der Waals surface area (Å²) in [6, 6.07) is 13.7. The SMILES string of the molecule is O=C(Nc1cccc(-n2cccn2)c1)c1ccc2c(c1)C(=O)N(CC1CCCO1)C2=O. The molecule has 2 aliphatic heterocycles. The van der Waals surface area contributed by atoms with Gasteiger partial charge in [-0.15, -0.1) is 0 Å². The third kappa shape index (κ3) is 3.62. The Bertz CT molecular complexity index is 1170. The van der Waals surface area contributed by atoms with Gasteiger partial charge in [-0.1, -0.05) is 6.07 Å². The Morgan fingerprint density at radius 2 is 1.97 bits per heavy atom. The van der Waals surface area contributed by atoms with Gasteiger partial charge >= 0.3 is 0 Å². The van der Waals surface area contributed by atoms with Gasteiger partial charge in [0.1, 0.15) is 0 Å². The van der Waals surface area contributed by atoms with Crippen molar-refractivity contribution in [1.29, 1.82) is 0 Å². The first-order valence-electron chi connectivity index (χ1n) is 10.1. The molecule has 0 saturated carbocycles. The third-order valence-electron chi connectivity index (χ3n) is 5.52. The van der Waals surface area contributed by atoms with E-state index >= 15 is 0 Å². The standard InChI is InChI=1S/C23H20N4O4/c28-21(25-16-4-1-5-17(13-16)27-10-3-9-24-27)15-7-8-19-20(12-15)23(30)26(22(19)29)14-18-6-2-11-31-18/h1,3-5,7-10,12-13,18H,2,6,11,14H2,(H,25,28). The molecule has 0 bridgehead atoms. The van der Waals surface area contributed by atoms with Crippen LogP contribution in [0.4, 0.5) is 5.69 Å². The fourth-order valence-corrected chi connectivity index (χ4v) is 3.94. The van der Waals surface area contributed by atoms with Crippen molar-refractivity contribution < 1.29 is 19.1 Å². The van der Waals surface area contributed by atoms with Crippen molar-refractivity contribution in [2.75, 3.05) is 18.5 Å². The van der Waals surface area contributed by atoms with Gasteiger partial charge in [0.2, 0.25) is 0 Å². The number of imide groups is 1. The number of aromatic nitrogens is 2. The van der Waals surface area contributed by atoms with Crippen LogP contribution in [0, 0.1) is 0 Å². The summed E-state index contributed by atoms with van der Waals surface area (Å²) in [5, 5.41) is 7.02. The molecule has 3 amide bonds. The van der Waals surface area contributed by atoms with Crippen LogP contribution in [0.2, 0.25) is 0 Å². The summed E-state index contributed by atoms with van der Waals surface area (Å²) >= 11 is 0. The predicted molar refractivity (Wildman–Crippen MR) is 112 cm³/mol. The highest BCUT2D eigenvalue weighted by Gasteiger charge is 2.37. The number of hydrogen-bond donors (Lipinski definition) is 1. The molecular formula is C23H20N4O4. The number of carbonyl (C=O) groups excluding carboxylic acids is 3. The summed E-state index contributed by atoms with van der Waals surface area (Å²) in [6.45, 7) is 0.897. The summed E-state index contributed by atoms with van der Waals surface area (Å²) < 4.78 is 7.25. The number of fused-ring (bicyclic) bond motifs is 1. The van der Waals surface area contributed by atoms with Crippen molar-refractivity contribution in [3.8, 4) is 5.69 Å². The minimum absolute atomic E-state index is 0.118. The van der Waals surface area contributed by atoms with Crippen LogP contribution in [-0.4, -0.2) is 51.7 Å². The van der Waals surface area contributed by atoms with Crippen molar-refractivity contribution in [1.82, 2.24) is 14.7 Å². The predicted octanol–water partition coefficient (Wildman–Crippen LogP) is 2.90. The number of nitrogens with zero attached hydrogens (tertiary/aromatic N) is 3. The molecule has 2 aromatic carbocycles. The molecule has 0 spiro atoms. The average molecular weight is 416 g/mol. The van der Waals surface area contributed by atoms with Gasteiger partial charge in [-0.05, 0) is 55.3 Å². The first kappa shape index (κ1) is 19.2. The number of rotatable bonds is 5. The van der Waals surface area contributed by atoms with E-state index in [0.717, 1.165) is 18.5 Å².